The van der Waals surface area contributed by atoms with Crippen molar-refractivity contribution in [3.05, 3.63) is 0 Å². The topological polar surface area (TPSA) is 82.1 Å². The number of aliphatic carboxylic acids is 1. The molecular weight excluding hydrogens is 274 g/mol. The number of carbonyl (C=O) groups excluding carboxylic acids is 1. The van der Waals surface area contributed by atoms with E-state index in [1.54, 1.807) is 0 Å². The van der Waals surface area contributed by atoms with Crippen molar-refractivity contribution in [3.8, 4) is 0 Å². The van der Waals surface area contributed by atoms with Crippen LogP contribution in [0.4, 0.5) is 4.79 Å². The number of urea groups is 1. The molecule has 7 nitrogen and oxygen atoms in total. The Kier molecular flexibility index (Phi) is 6.25. The van der Waals surface area contributed by atoms with Crippen molar-refractivity contribution in [1.82, 2.24) is 15.1 Å². The van der Waals surface area contributed by atoms with Crippen LogP contribution in [0, 0.1) is 0 Å². The van der Waals surface area contributed by atoms with Crippen molar-refractivity contribution in [2.75, 3.05) is 45.9 Å². The van der Waals surface area contributed by atoms with Crippen LogP contribution in [0.1, 0.15) is 25.7 Å². The molecule has 1 saturated heterocycles. The van der Waals surface area contributed by atoms with Gasteiger partial charge >= 0.3 is 12.0 Å². The Morgan fingerprint density at radius 1 is 1.14 bits per heavy atom. The van der Waals surface area contributed by atoms with E-state index in [1.807, 2.05) is 4.90 Å². The third kappa shape index (κ3) is 5.17. The molecule has 1 saturated carbocycles. The summed E-state index contributed by atoms with van der Waals surface area (Å²) >= 11 is 0. The van der Waals surface area contributed by atoms with Crippen LogP contribution in [-0.2, 0) is 9.53 Å². The van der Waals surface area contributed by atoms with Crippen molar-refractivity contribution >= 4 is 12.0 Å². The molecule has 0 bridgehead atoms. The number of hydrogen-bond donors (Lipinski definition) is 2. The summed E-state index contributed by atoms with van der Waals surface area (Å²) in [6.07, 6.45) is 5.27. The third-order valence-corrected chi connectivity index (χ3v) is 4.19. The second kappa shape index (κ2) is 8.19. The van der Waals surface area contributed by atoms with E-state index in [9.17, 15) is 9.59 Å². The zero-order valence-electron chi connectivity index (χ0n) is 12.4. The number of hydrogen-bond acceptors (Lipinski definition) is 4. The number of nitrogens with one attached hydrogen (secondary N) is 1. The highest BCUT2D eigenvalue weighted by Gasteiger charge is 2.27. The van der Waals surface area contributed by atoms with Crippen molar-refractivity contribution in [1.29, 1.82) is 0 Å². The maximum atomic E-state index is 11.9. The standard InChI is InChI=1S/C14H25N3O4/c18-13(19)11-21-10-5-15-14(20)17-8-6-16(7-9-17)12-3-1-2-4-12/h12H,1-11H2,(H,15,20)(H,18,19). The number of amides is 2. The van der Waals surface area contributed by atoms with Crippen LogP contribution in [-0.4, -0.2) is 78.9 Å². The summed E-state index contributed by atoms with van der Waals surface area (Å²) in [5.41, 5.74) is 0. The van der Waals surface area contributed by atoms with Gasteiger partial charge in [-0.2, -0.15) is 0 Å². The minimum absolute atomic E-state index is 0.0833. The molecular formula is C14H25N3O4. The first-order valence-corrected chi connectivity index (χ1v) is 7.73. The van der Waals surface area contributed by atoms with Gasteiger partial charge in [-0.1, -0.05) is 12.8 Å². The average molecular weight is 299 g/mol. The van der Waals surface area contributed by atoms with Gasteiger partial charge in [-0.15, -0.1) is 0 Å². The first kappa shape index (κ1) is 16.0. The molecule has 1 heterocycles. The normalized spacial score (nSPS) is 20.7. The summed E-state index contributed by atoms with van der Waals surface area (Å²) in [4.78, 5) is 26.5. The predicted molar refractivity (Wildman–Crippen MR) is 77.3 cm³/mol. The summed E-state index contributed by atoms with van der Waals surface area (Å²) in [7, 11) is 0. The van der Waals surface area contributed by atoms with Gasteiger partial charge in [0.05, 0.1) is 6.61 Å². The first-order valence-electron chi connectivity index (χ1n) is 7.73. The summed E-state index contributed by atoms with van der Waals surface area (Å²) in [6, 6.07) is 0.639. The Morgan fingerprint density at radius 3 is 2.43 bits per heavy atom. The van der Waals surface area contributed by atoms with Crippen LogP contribution < -0.4 is 5.32 Å². The highest BCUT2D eigenvalue weighted by molar-refractivity contribution is 5.74. The molecule has 0 spiro atoms. The molecule has 0 aromatic heterocycles. The van der Waals surface area contributed by atoms with E-state index < -0.39 is 5.97 Å². The molecule has 0 unspecified atom stereocenters. The molecule has 2 rings (SSSR count). The van der Waals surface area contributed by atoms with Gasteiger partial charge in [-0.05, 0) is 12.8 Å². The van der Waals surface area contributed by atoms with Crippen LogP contribution >= 0.6 is 0 Å². The summed E-state index contributed by atoms with van der Waals surface area (Å²) in [6.45, 7) is 3.67. The molecule has 120 valence electrons. The summed E-state index contributed by atoms with van der Waals surface area (Å²) in [5.74, 6) is -0.996. The Bertz CT molecular complexity index is 350. The number of carbonyl (C=O) groups is 2. The molecule has 21 heavy (non-hydrogen) atoms. The fraction of sp³-hybridized carbons (Fsp3) is 0.857. The van der Waals surface area contributed by atoms with Crippen LogP contribution in [0.2, 0.25) is 0 Å². The van der Waals surface area contributed by atoms with E-state index in [1.165, 1.54) is 25.7 Å². The van der Waals surface area contributed by atoms with E-state index in [0.29, 0.717) is 6.54 Å². The lowest BCUT2D eigenvalue weighted by Crippen LogP contribution is -2.54. The Balaban J connectivity index is 1.58. The van der Waals surface area contributed by atoms with Gasteiger partial charge in [0.2, 0.25) is 0 Å². The maximum absolute atomic E-state index is 11.9. The van der Waals surface area contributed by atoms with E-state index in [0.717, 1.165) is 32.2 Å². The number of ether oxygens (including phenoxy) is 1. The van der Waals surface area contributed by atoms with Crippen molar-refractivity contribution in [2.24, 2.45) is 0 Å². The second-order valence-corrected chi connectivity index (χ2v) is 5.64. The highest BCUT2D eigenvalue weighted by atomic mass is 16.5. The smallest absolute Gasteiger partial charge is 0.329 e. The van der Waals surface area contributed by atoms with Crippen molar-refractivity contribution in [3.63, 3.8) is 0 Å². The predicted octanol–water partition coefficient (Wildman–Crippen LogP) is 0.357. The second-order valence-electron chi connectivity index (χ2n) is 5.64. The van der Waals surface area contributed by atoms with Crippen LogP contribution in [0.15, 0.2) is 0 Å². The van der Waals surface area contributed by atoms with Gasteiger partial charge < -0.3 is 20.1 Å². The molecule has 2 amide bonds. The Labute approximate surface area is 125 Å². The van der Waals surface area contributed by atoms with Crippen LogP contribution in [0.5, 0.6) is 0 Å². The highest BCUT2D eigenvalue weighted by Crippen LogP contribution is 2.24. The Morgan fingerprint density at radius 2 is 1.81 bits per heavy atom. The summed E-state index contributed by atoms with van der Waals surface area (Å²) in [5, 5.41) is 11.2. The lowest BCUT2D eigenvalue weighted by molar-refractivity contribution is -0.142. The van der Waals surface area contributed by atoms with Gasteiger partial charge in [0, 0.05) is 38.8 Å². The fourth-order valence-corrected chi connectivity index (χ4v) is 3.06. The average Bonchev–Trinajstić information content (AvgIpc) is 3.01. The number of carboxylic acid groups (broad SMARTS) is 1. The largest absolute Gasteiger partial charge is 0.480 e. The van der Waals surface area contributed by atoms with Crippen molar-refractivity contribution < 1.29 is 19.4 Å². The van der Waals surface area contributed by atoms with E-state index in [4.69, 9.17) is 9.84 Å². The van der Waals surface area contributed by atoms with E-state index >= 15 is 0 Å². The molecule has 1 aliphatic carbocycles. The molecule has 2 fully saturated rings. The lowest BCUT2D eigenvalue weighted by atomic mass is 10.2. The van der Waals surface area contributed by atoms with Gasteiger partial charge in [0.15, 0.2) is 0 Å². The van der Waals surface area contributed by atoms with Crippen LogP contribution in [0.25, 0.3) is 0 Å². The number of carboxylic acids is 1. The molecule has 1 aliphatic heterocycles. The first-order chi connectivity index (χ1) is 10.2. The van der Waals surface area contributed by atoms with Gasteiger partial charge in [-0.25, -0.2) is 9.59 Å². The van der Waals surface area contributed by atoms with Crippen LogP contribution in [0.3, 0.4) is 0 Å². The molecule has 2 aliphatic rings. The number of piperazine rings is 1. The fourth-order valence-electron chi connectivity index (χ4n) is 3.06. The summed E-state index contributed by atoms with van der Waals surface area (Å²) < 4.78 is 4.88. The zero-order chi connectivity index (χ0) is 15.1. The van der Waals surface area contributed by atoms with Crippen molar-refractivity contribution in [2.45, 2.75) is 31.7 Å². The van der Waals surface area contributed by atoms with Gasteiger partial charge in [-0.3, -0.25) is 4.90 Å². The van der Waals surface area contributed by atoms with Gasteiger partial charge in [0.25, 0.3) is 0 Å². The molecule has 0 aromatic rings. The maximum Gasteiger partial charge on any atom is 0.329 e. The Hall–Kier alpha value is -1.34. The van der Waals surface area contributed by atoms with E-state index in [-0.39, 0.29) is 19.2 Å². The lowest BCUT2D eigenvalue weighted by Gasteiger charge is -2.38. The molecule has 0 radical (unpaired) electrons. The quantitative estimate of drug-likeness (QED) is 0.692. The van der Waals surface area contributed by atoms with Gasteiger partial charge in [0.1, 0.15) is 6.61 Å². The molecule has 0 atom stereocenters. The van der Waals surface area contributed by atoms with E-state index in [2.05, 4.69) is 10.2 Å². The number of nitrogens with zero attached hydrogens (tertiary/aromatic N) is 2. The zero-order valence-corrected chi connectivity index (χ0v) is 12.4. The molecule has 2 N–H and O–H groups in total. The SMILES string of the molecule is O=C(O)COCCNC(=O)N1CCN(C2CCCC2)CC1. The minimum Gasteiger partial charge on any atom is -0.480 e. The number of rotatable bonds is 6. The minimum atomic E-state index is -0.996. The molecule has 0 aromatic carbocycles. The molecule has 7 heteroatoms. The monoisotopic (exact) mass is 299 g/mol. The third-order valence-electron chi connectivity index (χ3n) is 4.19.